The van der Waals surface area contributed by atoms with Crippen molar-refractivity contribution >= 4 is 33.0 Å². The number of hydrogen-bond donors (Lipinski definition) is 1. The number of nitrogen functional groups attached to an aromatic ring is 1. The zero-order chi connectivity index (χ0) is 13.8. The Labute approximate surface area is 116 Å². The molecule has 0 radical (unpaired) electrons. The summed E-state index contributed by atoms with van der Waals surface area (Å²) >= 11 is 1.48. The van der Waals surface area contributed by atoms with Crippen LogP contribution in [0.3, 0.4) is 0 Å². The minimum Gasteiger partial charge on any atom is -0.399 e. The highest BCUT2D eigenvalue weighted by molar-refractivity contribution is 7.20. The Bertz CT molecular complexity index is 620. The summed E-state index contributed by atoms with van der Waals surface area (Å²) in [5.74, 6) is -0.000397. The molecule has 0 aliphatic heterocycles. The Morgan fingerprint density at radius 3 is 2.58 bits per heavy atom. The number of carbonyl (C=O) groups is 1. The first-order valence-corrected chi connectivity index (χ1v) is 6.77. The van der Waals surface area contributed by atoms with Crippen molar-refractivity contribution in [2.45, 2.75) is 0 Å². The standard InChI is InChI=1S/C15H16N2OS/c1-3-7-17(8-4-2)15(18)14-10-11-9-12(16)5-6-13(11)19-14/h3-6,9-10H,1-2,7-8,16H2. The highest BCUT2D eigenvalue weighted by Crippen LogP contribution is 2.28. The molecule has 1 heterocycles. The van der Waals surface area contributed by atoms with Crippen molar-refractivity contribution < 1.29 is 4.79 Å². The number of thiophene rings is 1. The largest absolute Gasteiger partial charge is 0.399 e. The Hall–Kier alpha value is -2.07. The summed E-state index contributed by atoms with van der Waals surface area (Å²) in [5, 5.41) is 1.01. The molecule has 2 N–H and O–H groups in total. The van der Waals surface area contributed by atoms with E-state index in [0.29, 0.717) is 23.7 Å². The lowest BCUT2D eigenvalue weighted by Gasteiger charge is -2.17. The number of hydrogen-bond acceptors (Lipinski definition) is 3. The zero-order valence-corrected chi connectivity index (χ0v) is 11.5. The second-order valence-corrected chi connectivity index (χ2v) is 5.28. The number of nitrogens with two attached hydrogens (primary N) is 1. The van der Waals surface area contributed by atoms with E-state index >= 15 is 0 Å². The predicted molar refractivity (Wildman–Crippen MR) is 82.5 cm³/mol. The van der Waals surface area contributed by atoms with Crippen LogP contribution in [0.1, 0.15) is 9.67 Å². The van der Waals surface area contributed by atoms with Gasteiger partial charge in [0.25, 0.3) is 5.91 Å². The van der Waals surface area contributed by atoms with E-state index in [1.807, 2.05) is 24.3 Å². The van der Waals surface area contributed by atoms with Gasteiger partial charge in [-0.15, -0.1) is 24.5 Å². The fourth-order valence-corrected chi connectivity index (χ4v) is 2.89. The quantitative estimate of drug-likeness (QED) is 0.670. The first-order chi connectivity index (χ1) is 9.15. The Morgan fingerprint density at radius 1 is 1.26 bits per heavy atom. The van der Waals surface area contributed by atoms with Crippen molar-refractivity contribution in [1.29, 1.82) is 0 Å². The smallest absolute Gasteiger partial charge is 0.264 e. The number of carbonyl (C=O) groups excluding carboxylic acids is 1. The van der Waals surface area contributed by atoms with E-state index in [4.69, 9.17) is 5.73 Å². The second kappa shape index (κ2) is 5.71. The summed E-state index contributed by atoms with van der Waals surface area (Å²) in [5.41, 5.74) is 6.45. The minimum absolute atomic E-state index is 0.000397. The highest BCUT2D eigenvalue weighted by Gasteiger charge is 2.16. The number of anilines is 1. The van der Waals surface area contributed by atoms with E-state index in [9.17, 15) is 4.79 Å². The van der Waals surface area contributed by atoms with Gasteiger partial charge in [0, 0.05) is 23.5 Å². The first-order valence-electron chi connectivity index (χ1n) is 5.96. The molecule has 0 saturated carbocycles. The van der Waals surface area contributed by atoms with Crippen LogP contribution in [-0.4, -0.2) is 23.9 Å². The van der Waals surface area contributed by atoms with Gasteiger partial charge in [-0.1, -0.05) is 12.2 Å². The Balaban J connectivity index is 2.34. The van der Waals surface area contributed by atoms with Crippen LogP contribution in [0.2, 0.25) is 0 Å². The third-order valence-electron chi connectivity index (χ3n) is 2.74. The number of rotatable bonds is 5. The summed E-state index contributed by atoms with van der Waals surface area (Å²) < 4.78 is 1.06. The van der Waals surface area contributed by atoms with Crippen molar-refractivity contribution in [2.75, 3.05) is 18.8 Å². The van der Waals surface area contributed by atoms with Crippen molar-refractivity contribution in [3.63, 3.8) is 0 Å². The Morgan fingerprint density at radius 2 is 1.95 bits per heavy atom. The van der Waals surface area contributed by atoms with Gasteiger partial charge in [0.05, 0.1) is 4.88 Å². The Kier molecular flexibility index (Phi) is 4.02. The summed E-state index contributed by atoms with van der Waals surface area (Å²) in [6.07, 6.45) is 3.43. The summed E-state index contributed by atoms with van der Waals surface area (Å²) in [4.78, 5) is 14.8. The molecular formula is C15H16N2OS. The third kappa shape index (κ3) is 2.85. The number of fused-ring (bicyclic) bond motifs is 1. The molecule has 3 nitrogen and oxygen atoms in total. The van der Waals surface area contributed by atoms with Crippen LogP contribution in [0.4, 0.5) is 5.69 Å². The van der Waals surface area contributed by atoms with E-state index < -0.39 is 0 Å². The summed E-state index contributed by atoms with van der Waals surface area (Å²) in [6.45, 7) is 8.37. The van der Waals surface area contributed by atoms with Gasteiger partial charge in [0.1, 0.15) is 0 Å². The molecule has 1 aromatic heterocycles. The maximum absolute atomic E-state index is 12.4. The highest BCUT2D eigenvalue weighted by atomic mass is 32.1. The molecule has 2 rings (SSSR count). The van der Waals surface area contributed by atoms with Gasteiger partial charge in [-0.2, -0.15) is 0 Å². The predicted octanol–water partition coefficient (Wildman–Crippen LogP) is 3.30. The van der Waals surface area contributed by atoms with E-state index in [1.54, 1.807) is 17.1 Å². The van der Waals surface area contributed by atoms with Gasteiger partial charge in [-0.3, -0.25) is 4.79 Å². The summed E-state index contributed by atoms with van der Waals surface area (Å²) in [7, 11) is 0. The molecule has 0 saturated heterocycles. The topological polar surface area (TPSA) is 46.3 Å². The molecule has 0 aliphatic rings. The van der Waals surface area contributed by atoms with Crippen molar-refractivity contribution in [3.05, 3.63) is 54.5 Å². The van der Waals surface area contributed by atoms with Crippen LogP contribution >= 0.6 is 11.3 Å². The molecule has 1 aromatic carbocycles. The van der Waals surface area contributed by atoms with E-state index in [-0.39, 0.29) is 5.91 Å². The van der Waals surface area contributed by atoms with Gasteiger partial charge in [0.2, 0.25) is 0 Å². The van der Waals surface area contributed by atoms with Crippen LogP contribution in [0, 0.1) is 0 Å². The fourth-order valence-electron chi connectivity index (χ4n) is 1.88. The van der Waals surface area contributed by atoms with Crippen LogP contribution in [0.15, 0.2) is 49.6 Å². The lowest BCUT2D eigenvalue weighted by atomic mass is 10.2. The van der Waals surface area contributed by atoms with Gasteiger partial charge in [-0.25, -0.2) is 0 Å². The average Bonchev–Trinajstić information content (AvgIpc) is 2.80. The maximum Gasteiger partial charge on any atom is 0.264 e. The molecular weight excluding hydrogens is 256 g/mol. The fraction of sp³-hybridized carbons (Fsp3) is 0.133. The van der Waals surface area contributed by atoms with Crippen molar-refractivity contribution in [1.82, 2.24) is 4.90 Å². The molecule has 98 valence electrons. The van der Waals surface area contributed by atoms with Crippen LogP contribution in [0.5, 0.6) is 0 Å². The van der Waals surface area contributed by atoms with Gasteiger partial charge >= 0.3 is 0 Å². The summed E-state index contributed by atoms with van der Waals surface area (Å²) in [6, 6.07) is 7.56. The van der Waals surface area contributed by atoms with E-state index in [0.717, 1.165) is 10.1 Å². The van der Waals surface area contributed by atoms with Crippen LogP contribution < -0.4 is 5.73 Å². The van der Waals surface area contributed by atoms with E-state index in [2.05, 4.69) is 13.2 Å². The SMILES string of the molecule is C=CCN(CC=C)C(=O)c1cc2cc(N)ccc2s1. The maximum atomic E-state index is 12.4. The third-order valence-corrected chi connectivity index (χ3v) is 3.84. The van der Waals surface area contributed by atoms with Crippen LogP contribution in [0.25, 0.3) is 10.1 Å². The molecule has 4 heteroatoms. The lowest BCUT2D eigenvalue weighted by molar-refractivity contribution is 0.0795. The molecule has 0 unspecified atom stereocenters. The number of benzene rings is 1. The second-order valence-electron chi connectivity index (χ2n) is 4.20. The molecule has 0 spiro atoms. The minimum atomic E-state index is -0.000397. The number of amides is 1. The molecule has 1 amide bonds. The first kappa shape index (κ1) is 13.4. The average molecular weight is 272 g/mol. The number of nitrogens with zero attached hydrogens (tertiary/aromatic N) is 1. The van der Waals surface area contributed by atoms with Crippen LogP contribution in [-0.2, 0) is 0 Å². The molecule has 0 aliphatic carbocycles. The molecule has 0 atom stereocenters. The zero-order valence-electron chi connectivity index (χ0n) is 10.6. The van der Waals surface area contributed by atoms with Gasteiger partial charge in [0.15, 0.2) is 0 Å². The van der Waals surface area contributed by atoms with Crippen molar-refractivity contribution in [2.24, 2.45) is 0 Å². The molecule has 0 bridgehead atoms. The molecule has 19 heavy (non-hydrogen) atoms. The van der Waals surface area contributed by atoms with E-state index in [1.165, 1.54) is 11.3 Å². The van der Waals surface area contributed by atoms with Gasteiger partial charge in [-0.05, 0) is 29.7 Å². The van der Waals surface area contributed by atoms with Gasteiger partial charge < -0.3 is 10.6 Å². The normalized spacial score (nSPS) is 10.3. The molecule has 2 aromatic rings. The lowest BCUT2D eigenvalue weighted by Crippen LogP contribution is -2.30. The van der Waals surface area contributed by atoms with Crippen molar-refractivity contribution in [3.8, 4) is 0 Å². The monoisotopic (exact) mass is 272 g/mol. The molecule has 0 fully saturated rings.